The molecule has 5 nitrogen and oxygen atoms in total. The summed E-state index contributed by atoms with van der Waals surface area (Å²) in [7, 11) is -0.813. The van der Waals surface area contributed by atoms with Gasteiger partial charge < -0.3 is 15.0 Å². The van der Waals surface area contributed by atoms with Crippen molar-refractivity contribution in [2.75, 3.05) is 25.4 Å². The van der Waals surface area contributed by atoms with E-state index in [1.807, 2.05) is 13.8 Å². The molecule has 0 bridgehead atoms. The van der Waals surface area contributed by atoms with Crippen LogP contribution >= 0.6 is 0 Å². The highest BCUT2D eigenvalue weighted by atomic mass is 32.2. The van der Waals surface area contributed by atoms with Gasteiger partial charge in [0.15, 0.2) is 0 Å². The first kappa shape index (κ1) is 17.7. The summed E-state index contributed by atoms with van der Waals surface area (Å²) in [6.07, 6.45) is 5.30. The Morgan fingerprint density at radius 3 is 2.73 bits per heavy atom. The molecule has 1 N–H and O–H groups in total. The van der Waals surface area contributed by atoms with Crippen LogP contribution in [0.3, 0.4) is 0 Å². The highest BCUT2D eigenvalue weighted by Gasteiger charge is 2.32. The van der Waals surface area contributed by atoms with Crippen LogP contribution in [0.1, 0.15) is 46.5 Å². The van der Waals surface area contributed by atoms with E-state index in [9.17, 15) is 9.00 Å². The van der Waals surface area contributed by atoms with Gasteiger partial charge in [0.2, 0.25) is 0 Å². The second kappa shape index (κ2) is 8.29. The van der Waals surface area contributed by atoms with E-state index in [0.29, 0.717) is 37.5 Å². The van der Waals surface area contributed by atoms with E-state index >= 15 is 0 Å². The van der Waals surface area contributed by atoms with Gasteiger partial charge in [-0.05, 0) is 32.6 Å². The van der Waals surface area contributed by atoms with Crippen molar-refractivity contribution in [2.24, 2.45) is 5.92 Å². The molecule has 0 aromatic carbocycles. The van der Waals surface area contributed by atoms with E-state index in [0.717, 1.165) is 6.42 Å². The molecule has 22 heavy (non-hydrogen) atoms. The number of rotatable bonds is 4. The molecule has 5 atom stereocenters. The highest BCUT2D eigenvalue weighted by Crippen LogP contribution is 2.26. The number of carbonyl (C=O) groups is 1. The van der Waals surface area contributed by atoms with E-state index in [1.165, 1.54) is 19.3 Å². The molecule has 6 heteroatoms. The Hall–Kier alpha value is -0.620. The summed E-state index contributed by atoms with van der Waals surface area (Å²) in [5, 5.41) is 2.98. The molecule has 2 aliphatic rings. The van der Waals surface area contributed by atoms with E-state index in [1.54, 1.807) is 4.90 Å². The third kappa shape index (κ3) is 4.44. The lowest BCUT2D eigenvalue weighted by molar-refractivity contribution is -0.00280. The maximum atomic E-state index is 12.2. The van der Waals surface area contributed by atoms with Crippen LogP contribution in [-0.4, -0.2) is 58.0 Å². The zero-order valence-electron chi connectivity index (χ0n) is 14.0. The molecule has 1 saturated carbocycles. The SMILES string of the molecule is C[C@@H]1CCCC[C@@H]1OCCNC(=O)N1CC[S@@](=O)[C@@H](C)[C@H]1C. The summed E-state index contributed by atoms with van der Waals surface area (Å²) in [5.41, 5.74) is 0. The zero-order chi connectivity index (χ0) is 16.1. The van der Waals surface area contributed by atoms with Gasteiger partial charge in [0.1, 0.15) is 0 Å². The van der Waals surface area contributed by atoms with Crippen LogP contribution in [0.15, 0.2) is 0 Å². The van der Waals surface area contributed by atoms with E-state index in [2.05, 4.69) is 12.2 Å². The summed E-state index contributed by atoms with van der Waals surface area (Å²) in [5.74, 6) is 1.21. The minimum atomic E-state index is -0.813. The molecule has 0 spiro atoms. The van der Waals surface area contributed by atoms with Gasteiger partial charge in [-0.15, -0.1) is 0 Å². The normalized spacial score (nSPS) is 36.1. The standard InChI is InChI=1S/C16H30N2O3S/c1-12-6-4-5-7-15(12)21-10-8-17-16(19)18-9-11-22(20)14(3)13(18)2/h12-15H,4-11H2,1-3H3,(H,17,19)/t12-,13-,14+,15+,22-/m1/s1. The Balaban J connectivity index is 1.68. The van der Waals surface area contributed by atoms with Gasteiger partial charge >= 0.3 is 6.03 Å². The topological polar surface area (TPSA) is 58.6 Å². The van der Waals surface area contributed by atoms with Crippen molar-refractivity contribution in [3.8, 4) is 0 Å². The van der Waals surface area contributed by atoms with Gasteiger partial charge in [0.25, 0.3) is 0 Å². The third-order valence-corrected chi connectivity index (χ3v) is 6.93. The molecule has 0 radical (unpaired) electrons. The number of nitrogens with zero attached hydrogens (tertiary/aromatic N) is 1. The fourth-order valence-corrected chi connectivity index (χ4v) is 4.67. The predicted octanol–water partition coefficient (Wildman–Crippen LogP) is 2.13. The number of urea groups is 1. The summed E-state index contributed by atoms with van der Waals surface area (Å²) in [6.45, 7) is 7.87. The number of hydrogen-bond acceptors (Lipinski definition) is 3. The lowest BCUT2D eigenvalue weighted by Gasteiger charge is -2.37. The van der Waals surface area contributed by atoms with Crippen molar-refractivity contribution in [3.63, 3.8) is 0 Å². The molecule has 2 rings (SSSR count). The molecule has 1 aliphatic heterocycles. The van der Waals surface area contributed by atoms with Crippen molar-refractivity contribution < 1.29 is 13.7 Å². The van der Waals surface area contributed by atoms with Crippen molar-refractivity contribution in [1.29, 1.82) is 0 Å². The summed E-state index contributed by atoms with van der Waals surface area (Å²) >= 11 is 0. The molecule has 0 unspecified atom stereocenters. The first-order valence-corrected chi connectivity index (χ1v) is 9.92. The van der Waals surface area contributed by atoms with E-state index < -0.39 is 10.8 Å². The summed E-state index contributed by atoms with van der Waals surface area (Å²) in [4.78, 5) is 14.0. The minimum absolute atomic E-state index is 0.0221. The Morgan fingerprint density at radius 2 is 2.00 bits per heavy atom. The Labute approximate surface area is 136 Å². The average Bonchev–Trinajstić information content (AvgIpc) is 2.50. The third-order valence-electron chi connectivity index (χ3n) is 5.12. The first-order chi connectivity index (χ1) is 10.5. The largest absolute Gasteiger partial charge is 0.376 e. The maximum absolute atomic E-state index is 12.2. The average molecular weight is 330 g/mol. The molecule has 1 heterocycles. The van der Waals surface area contributed by atoms with Gasteiger partial charge in [-0.2, -0.15) is 0 Å². The second-order valence-electron chi connectivity index (χ2n) is 6.63. The Morgan fingerprint density at radius 1 is 1.27 bits per heavy atom. The fraction of sp³-hybridized carbons (Fsp3) is 0.938. The molecule has 0 aromatic heterocycles. The Bertz CT molecular complexity index is 405. The van der Waals surface area contributed by atoms with Crippen LogP contribution in [0.25, 0.3) is 0 Å². The lowest BCUT2D eigenvalue weighted by Crippen LogP contribution is -2.55. The molecule has 128 valence electrons. The zero-order valence-corrected chi connectivity index (χ0v) is 14.9. The number of amides is 2. The van der Waals surface area contributed by atoms with Crippen molar-refractivity contribution in [3.05, 3.63) is 0 Å². The Kier molecular flexibility index (Phi) is 6.68. The fourth-order valence-electron chi connectivity index (χ4n) is 3.34. The summed E-state index contributed by atoms with van der Waals surface area (Å²) in [6, 6.07) is -0.0368. The van der Waals surface area contributed by atoms with Gasteiger partial charge in [0.05, 0.1) is 18.0 Å². The van der Waals surface area contributed by atoms with Crippen molar-refractivity contribution in [1.82, 2.24) is 10.2 Å². The highest BCUT2D eigenvalue weighted by molar-refractivity contribution is 7.85. The number of ether oxygens (including phenoxy) is 1. The van der Waals surface area contributed by atoms with Crippen molar-refractivity contribution >= 4 is 16.8 Å². The minimum Gasteiger partial charge on any atom is -0.376 e. The van der Waals surface area contributed by atoms with Crippen molar-refractivity contribution in [2.45, 2.75) is 63.9 Å². The van der Waals surface area contributed by atoms with Crippen LogP contribution in [0.4, 0.5) is 4.79 Å². The van der Waals surface area contributed by atoms with Gasteiger partial charge in [0, 0.05) is 35.7 Å². The van der Waals surface area contributed by atoms with Gasteiger partial charge in [-0.3, -0.25) is 4.21 Å². The molecular formula is C16H30N2O3S. The molecule has 2 fully saturated rings. The van der Waals surface area contributed by atoms with Gasteiger partial charge in [-0.25, -0.2) is 4.79 Å². The van der Waals surface area contributed by atoms with Gasteiger partial charge in [-0.1, -0.05) is 19.8 Å². The van der Waals surface area contributed by atoms with E-state index in [-0.39, 0.29) is 17.3 Å². The lowest BCUT2D eigenvalue weighted by atomic mass is 9.88. The monoisotopic (exact) mass is 330 g/mol. The number of hydrogen-bond donors (Lipinski definition) is 1. The van der Waals surface area contributed by atoms with E-state index in [4.69, 9.17) is 4.74 Å². The first-order valence-electron chi connectivity index (χ1n) is 8.54. The second-order valence-corrected chi connectivity index (χ2v) is 8.54. The molecule has 1 aliphatic carbocycles. The van der Waals surface area contributed by atoms with Crippen LogP contribution < -0.4 is 5.32 Å². The molecule has 2 amide bonds. The smallest absolute Gasteiger partial charge is 0.317 e. The molecule has 1 saturated heterocycles. The van der Waals surface area contributed by atoms with Crippen LogP contribution in [-0.2, 0) is 15.5 Å². The number of carbonyl (C=O) groups excluding carboxylic acids is 1. The van der Waals surface area contributed by atoms with Crippen LogP contribution in [0.5, 0.6) is 0 Å². The van der Waals surface area contributed by atoms with Crippen LogP contribution in [0, 0.1) is 5.92 Å². The molecule has 0 aromatic rings. The predicted molar refractivity (Wildman–Crippen MR) is 89.4 cm³/mol. The quantitative estimate of drug-likeness (QED) is 0.804. The maximum Gasteiger partial charge on any atom is 0.317 e. The van der Waals surface area contributed by atoms with Crippen LogP contribution in [0.2, 0.25) is 0 Å². The molecular weight excluding hydrogens is 300 g/mol. The number of nitrogens with one attached hydrogen (secondary N) is 1. The summed E-state index contributed by atoms with van der Waals surface area (Å²) < 4.78 is 17.7.